The van der Waals surface area contributed by atoms with Gasteiger partial charge < -0.3 is 11.1 Å². The summed E-state index contributed by atoms with van der Waals surface area (Å²) in [7, 11) is 0. The van der Waals surface area contributed by atoms with Crippen LogP contribution < -0.4 is 11.1 Å². The minimum Gasteiger partial charge on any atom is -0.367 e. The van der Waals surface area contributed by atoms with E-state index >= 15 is 0 Å². The normalized spacial score (nSPS) is 13.9. The topological polar surface area (TPSA) is 85.1 Å². The van der Waals surface area contributed by atoms with Gasteiger partial charge in [0.05, 0.1) is 5.69 Å². The van der Waals surface area contributed by atoms with Gasteiger partial charge in [0, 0.05) is 12.6 Å². The van der Waals surface area contributed by atoms with Crippen molar-refractivity contribution in [2.75, 3.05) is 0 Å². The van der Waals surface area contributed by atoms with Crippen molar-refractivity contribution in [2.24, 2.45) is 5.73 Å². The Bertz CT molecular complexity index is 391. The van der Waals surface area contributed by atoms with Crippen LogP contribution in [0.3, 0.4) is 0 Å². The van der Waals surface area contributed by atoms with E-state index in [-0.39, 0.29) is 12.3 Å². The van der Waals surface area contributed by atoms with Crippen molar-refractivity contribution < 1.29 is 9.59 Å². The van der Waals surface area contributed by atoms with Crippen LogP contribution in [0.25, 0.3) is 0 Å². The van der Waals surface area contributed by atoms with Crippen molar-refractivity contribution in [3.8, 4) is 0 Å². The van der Waals surface area contributed by atoms with Crippen molar-refractivity contribution in [1.82, 2.24) is 10.3 Å². The third-order valence-corrected chi connectivity index (χ3v) is 2.38. The van der Waals surface area contributed by atoms with E-state index in [4.69, 9.17) is 5.73 Å². The van der Waals surface area contributed by atoms with E-state index in [2.05, 4.69) is 10.3 Å². The van der Waals surface area contributed by atoms with Gasteiger partial charge in [0.25, 0.3) is 0 Å². The molecule has 0 saturated heterocycles. The highest BCUT2D eigenvalue weighted by Crippen LogP contribution is 2.17. The van der Waals surface area contributed by atoms with Crippen LogP contribution in [-0.2, 0) is 15.1 Å². The molecule has 1 atom stereocenters. The molecule has 1 unspecified atom stereocenters. The minimum absolute atomic E-state index is 0.244. The number of amides is 2. The maximum absolute atomic E-state index is 11.4. The molecule has 0 radical (unpaired) electrons. The second kappa shape index (κ2) is 4.74. The molecule has 3 N–H and O–H groups in total. The zero-order valence-electron chi connectivity index (χ0n) is 9.36. The third-order valence-electron chi connectivity index (χ3n) is 2.38. The molecule has 86 valence electrons. The molecule has 1 rings (SSSR count). The van der Waals surface area contributed by atoms with Gasteiger partial charge in [-0.15, -0.1) is 0 Å². The number of primary amides is 1. The number of carbonyl (C=O) groups is 2. The van der Waals surface area contributed by atoms with Gasteiger partial charge in [0.15, 0.2) is 5.54 Å². The molecule has 1 aromatic heterocycles. The molecular weight excluding hydrogens is 206 g/mol. The number of nitrogens with two attached hydrogens (primary N) is 1. The van der Waals surface area contributed by atoms with E-state index in [1.165, 1.54) is 0 Å². The van der Waals surface area contributed by atoms with Crippen molar-refractivity contribution in [3.63, 3.8) is 0 Å². The molecule has 5 heteroatoms. The molecule has 0 aliphatic carbocycles. The van der Waals surface area contributed by atoms with Gasteiger partial charge in [-0.25, -0.2) is 0 Å². The van der Waals surface area contributed by atoms with E-state index in [9.17, 15) is 9.59 Å². The van der Waals surface area contributed by atoms with Crippen molar-refractivity contribution in [2.45, 2.75) is 25.8 Å². The SMILES string of the molecule is CCC(=O)NC(C)(C(N)=O)c1ccccn1. The number of nitrogens with one attached hydrogen (secondary N) is 1. The number of hydrogen-bond donors (Lipinski definition) is 2. The molecule has 0 aliphatic rings. The average Bonchev–Trinajstić information content (AvgIpc) is 2.29. The lowest BCUT2D eigenvalue weighted by Gasteiger charge is -2.26. The first-order chi connectivity index (χ1) is 7.50. The first-order valence-electron chi connectivity index (χ1n) is 5.03. The predicted molar refractivity (Wildman–Crippen MR) is 59.2 cm³/mol. The Balaban J connectivity index is 3.07. The lowest BCUT2D eigenvalue weighted by atomic mass is 9.96. The second-order valence-corrected chi connectivity index (χ2v) is 3.61. The standard InChI is InChI=1S/C11H15N3O2/c1-3-9(15)14-11(2,10(12)16)8-6-4-5-7-13-8/h4-7H,3H2,1-2H3,(H2,12,16)(H,14,15). The smallest absolute Gasteiger partial charge is 0.249 e. The van der Waals surface area contributed by atoms with E-state index < -0.39 is 11.4 Å². The Morgan fingerprint density at radius 1 is 1.50 bits per heavy atom. The highest BCUT2D eigenvalue weighted by molar-refractivity contribution is 5.90. The molecule has 0 saturated carbocycles. The molecule has 1 heterocycles. The fraction of sp³-hybridized carbons (Fsp3) is 0.364. The van der Waals surface area contributed by atoms with Crippen LogP contribution in [0.2, 0.25) is 0 Å². The fourth-order valence-corrected chi connectivity index (χ4v) is 1.28. The number of hydrogen-bond acceptors (Lipinski definition) is 3. The van der Waals surface area contributed by atoms with Crippen LogP contribution in [0.1, 0.15) is 26.0 Å². The highest BCUT2D eigenvalue weighted by atomic mass is 16.2. The fourth-order valence-electron chi connectivity index (χ4n) is 1.28. The zero-order valence-corrected chi connectivity index (χ0v) is 9.36. The third kappa shape index (κ3) is 2.36. The lowest BCUT2D eigenvalue weighted by molar-refractivity contribution is -0.131. The molecule has 5 nitrogen and oxygen atoms in total. The van der Waals surface area contributed by atoms with Crippen LogP contribution >= 0.6 is 0 Å². The van der Waals surface area contributed by atoms with Crippen LogP contribution in [0.15, 0.2) is 24.4 Å². The molecule has 1 aromatic rings. The van der Waals surface area contributed by atoms with Crippen molar-refractivity contribution >= 4 is 11.8 Å². The monoisotopic (exact) mass is 221 g/mol. The van der Waals surface area contributed by atoms with Gasteiger partial charge in [-0.2, -0.15) is 0 Å². The predicted octanol–water partition coefficient (Wildman–Crippen LogP) is 0.308. The van der Waals surface area contributed by atoms with Gasteiger partial charge in [-0.1, -0.05) is 13.0 Å². The molecule has 0 spiro atoms. The summed E-state index contributed by atoms with van der Waals surface area (Å²) in [5.41, 5.74) is 4.49. The van der Waals surface area contributed by atoms with Gasteiger partial charge in [-0.3, -0.25) is 14.6 Å². The van der Waals surface area contributed by atoms with E-state index in [0.29, 0.717) is 5.69 Å². The molecule has 0 fully saturated rings. The van der Waals surface area contributed by atoms with Gasteiger partial charge >= 0.3 is 0 Å². The molecular formula is C11H15N3O2. The Hall–Kier alpha value is -1.91. The summed E-state index contributed by atoms with van der Waals surface area (Å²) >= 11 is 0. The molecule has 0 aromatic carbocycles. The van der Waals surface area contributed by atoms with E-state index in [1.54, 1.807) is 38.2 Å². The molecule has 2 amide bonds. The van der Waals surface area contributed by atoms with Crippen LogP contribution in [0.5, 0.6) is 0 Å². The molecule has 16 heavy (non-hydrogen) atoms. The summed E-state index contributed by atoms with van der Waals surface area (Å²) in [4.78, 5) is 26.8. The van der Waals surface area contributed by atoms with Gasteiger partial charge in [-0.05, 0) is 19.1 Å². The van der Waals surface area contributed by atoms with Crippen LogP contribution in [0, 0.1) is 0 Å². The number of nitrogens with zero attached hydrogens (tertiary/aromatic N) is 1. The first kappa shape index (κ1) is 12.2. The van der Waals surface area contributed by atoms with Crippen LogP contribution in [-0.4, -0.2) is 16.8 Å². The number of carbonyl (C=O) groups excluding carboxylic acids is 2. The maximum Gasteiger partial charge on any atom is 0.249 e. The summed E-state index contributed by atoms with van der Waals surface area (Å²) in [5, 5.41) is 2.58. The van der Waals surface area contributed by atoms with Crippen molar-refractivity contribution in [1.29, 1.82) is 0 Å². The zero-order chi connectivity index (χ0) is 12.2. The summed E-state index contributed by atoms with van der Waals surface area (Å²) in [6.45, 7) is 3.25. The van der Waals surface area contributed by atoms with Gasteiger partial charge in [0.1, 0.15) is 0 Å². The van der Waals surface area contributed by atoms with Crippen molar-refractivity contribution in [3.05, 3.63) is 30.1 Å². The Morgan fingerprint density at radius 2 is 2.19 bits per heavy atom. The Labute approximate surface area is 94.1 Å². The first-order valence-corrected chi connectivity index (χ1v) is 5.03. The molecule has 0 aliphatic heterocycles. The second-order valence-electron chi connectivity index (χ2n) is 3.61. The summed E-state index contributed by atoms with van der Waals surface area (Å²) in [6.07, 6.45) is 1.84. The largest absolute Gasteiger partial charge is 0.367 e. The highest BCUT2D eigenvalue weighted by Gasteiger charge is 2.35. The van der Waals surface area contributed by atoms with Gasteiger partial charge in [0.2, 0.25) is 11.8 Å². The Morgan fingerprint density at radius 3 is 2.62 bits per heavy atom. The Kier molecular flexibility index (Phi) is 3.60. The van der Waals surface area contributed by atoms with E-state index in [1.807, 2.05) is 0 Å². The summed E-state index contributed by atoms with van der Waals surface area (Å²) in [6, 6.07) is 5.12. The number of pyridine rings is 1. The lowest BCUT2D eigenvalue weighted by Crippen LogP contribution is -2.53. The minimum atomic E-state index is -1.26. The maximum atomic E-state index is 11.4. The number of aromatic nitrogens is 1. The number of rotatable bonds is 4. The quantitative estimate of drug-likeness (QED) is 0.767. The average molecular weight is 221 g/mol. The van der Waals surface area contributed by atoms with E-state index in [0.717, 1.165) is 0 Å². The van der Waals surface area contributed by atoms with Crippen LogP contribution in [0.4, 0.5) is 0 Å². The summed E-state index contributed by atoms with van der Waals surface area (Å²) in [5.74, 6) is -0.875. The molecule has 0 bridgehead atoms. The summed E-state index contributed by atoms with van der Waals surface area (Å²) < 4.78 is 0.